The number of carbonyl (C=O) groups is 1. The highest BCUT2D eigenvalue weighted by Crippen LogP contribution is 2.29. The highest BCUT2D eigenvalue weighted by Gasteiger charge is 2.28. The van der Waals surface area contributed by atoms with Gasteiger partial charge in [-0.05, 0) is 42.8 Å². The molecule has 1 atom stereocenters. The van der Waals surface area contributed by atoms with Crippen LogP contribution >= 0.6 is 0 Å². The van der Waals surface area contributed by atoms with E-state index in [9.17, 15) is 9.18 Å². The van der Waals surface area contributed by atoms with Crippen molar-refractivity contribution in [2.45, 2.75) is 31.6 Å². The first-order valence-electron chi connectivity index (χ1n) is 11.7. The lowest BCUT2D eigenvalue weighted by atomic mass is 9.97. The summed E-state index contributed by atoms with van der Waals surface area (Å²) in [6, 6.07) is 20.2. The van der Waals surface area contributed by atoms with E-state index in [0.29, 0.717) is 43.3 Å². The zero-order chi connectivity index (χ0) is 23.3. The fourth-order valence-electron chi connectivity index (χ4n) is 4.44. The molecule has 6 nitrogen and oxygen atoms in total. The van der Waals surface area contributed by atoms with Crippen LogP contribution in [-0.4, -0.2) is 40.6 Å². The molecule has 1 aromatic heterocycles. The molecule has 0 aliphatic carbocycles. The molecular weight excluding hydrogens is 433 g/mol. The Bertz CT molecular complexity index is 1280. The summed E-state index contributed by atoms with van der Waals surface area (Å²) >= 11 is 0. The highest BCUT2D eigenvalue weighted by atomic mass is 19.1. The summed E-state index contributed by atoms with van der Waals surface area (Å²) in [4.78, 5) is 19.2. The minimum Gasteiger partial charge on any atom is -0.493 e. The number of fused-ring (bicyclic) bond motifs is 1. The number of likely N-dealkylation sites (tertiary alicyclic amines) is 1. The second kappa shape index (κ2) is 10.0. The van der Waals surface area contributed by atoms with E-state index in [1.165, 1.54) is 12.1 Å². The van der Waals surface area contributed by atoms with Crippen molar-refractivity contribution in [2.75, 3.05) is 19.7 Å². The Labute approximate surface area is 197 Å². The molecule has 3 aromatic carbocycles. The van der Waals surface area contributed by atoms with E-state index in [-0.39, 0.29) is 17.6 Å². The molecule has 4 aromatic rings. The van der Waals surface area contributed by atoms with Gasteiger partial charge in [-0.25, -0.2) is 4.39 Å². The molecule has 0 saturated carbocycles. The highest BCUT2D eigenvalue weighted by molar-refractivity contribution is 5.88. The summed E-state index contributed by atoms with van der Waals surface area (Å²) in [5.41, 5.74) is 0.574. The van der Waals surface area contributed by atoms with Gasteiger partial charge in [0.15, 0.2) is 0 Å². The minimum atomic E-state index is -0.345. The average Bonchev–Trinajstić information content (AvgIpc) is 3.37. The summed E-state index contributed by atoms with van der Waals surface area (Å²) < 4.78 is 24.9. The van der Waals surface area contributed by atoms with Crippen LogP contribution in [0.3, 0.4) is 0 Å². The number of hydrogen-bond acceptors (Lipinski definition) is 5. The number of halogens is 1. The third-order valence-corrected chi connectivity index (χ3v) is 6.19. The molecule has 0 bridgehead atoms. The molecule has 34 heavy (non-hydrogen) atoms. The molecule has 7 heteroatoms. The van der Waals surface area contributed by atoms with Crippen molar-refractivity contribution in [3.8, 4) is 17.1 Å². The predicted octanol–water partition coefficient (Wildman–Crippen LogP) is 5.59. The Hall–Kier alpha value is -3.74. The zero-order valence-corrected chi connectivity index (χ0v) is 18.8. The molecule has 0 radical (unpaired) electrons. The lowest BCUT2D eigenvalue weighted by molar-refractivity contribution is -0.132. The van der Waals surface area contributed by atoms with E-state index in [4.69, 9.17) is 9.26 Å². The van der Waals surface area contributed by atoms with Gasteiger partial charge in [-0.1, -0.05) is 53.7 Å². The standard InChI is InChI=1S/C27H26FN3O3/c28-22-11-3-9-20(17-22)26-29-27(34-30-26)21-10-5-15-31(18-21)25(32)14-6-16-33-24-13-4-8-19-7-1-2-12-23(19)24/h1-4,7-9,11-13,17,21H,5-6,10,14-16,18H2. The summed E-state index contributed by atoms with van der Waals surface area (Å²) in [5, 5.41) is 6.22. The Morgan fingerprint density at radius 1 is 1.12 bits per heavy atom. The Morgan fingerprint density at radius 2 is 1.97 bits per heavy atom. The third-order valence-electron chi connectivity index (χ3n) is 6.19. The van der Waals surface area contributed by atoms with Crippen LogP contribution in [-0.2, 0) is 4.79 Å². The number of carbonyl (C=O) groups excluding carboxylic acids is 1. The van der Waals surface area contributed by atoms with Gasteiger partial charge in [0, 0.05) is 30.5 Å². The van der Waals surface area contributed by atoms with E-state index < -0.39 is 0 Å². The number of rotatable bonds is 7. The number of benzene rings is 3. The first-order valence-corrected chi connectivity index (χ1v) is 11.7. The largest absolute Gasteiger partial charge is 0.493 e. The second-order valence-corrected chi connectivity index (χ2v) is 8.57. The van der Waals surface area contributed by atoms with Gasteiger partial charge in [0.25, 0.3) is 0 Å². The Kier molecular flexibility index (Phi) is 6.51. The smallest absolute Gasteiger partial charge is 0.231 e. The third kappa shape index (κ3) is 4.93. The average molecular weight is 460 g/mol. The topological polar surface area (TPSA) is 68.5 Å². The van der Waals surface area contributed by atoms with Gasteiger partial charge in [0.05, 0.1) is 12.5 Å². The number of nitrogens with zero attached hydrogens (tertiary/aromatic N) is 3. The molecule has 1 aliphatic rings. The van der Waals surface area contributed by atoms with Crippen LogP contribution < -0.4 is 4.74 Å². The van der Waals surface area contributed by atoms with Crippen LogP contribution in [0.5, 0.6) is 5.75 Å². The minimum absolute atomic E-state index is 0.0144. The van der Waals surface area contributed by atoms with E-state index in [0.717, 1.165) is 35.9 Å². The van der Waals surface area contributed by atoms with Crippen molar-refractivity contribution >= 4 is 16.7 Å². The van der Waals surface area contributed by atoms with Gasteiger partial charge < -0.3 is 14.2 Å². The van der Waals surface area contributed by atoms with Crippen LogP contribution in [0.4, 0.5) is 4.39 Å². The van der Waals surface area contributed by atoms with Crippen LogP contribution in [0.25, 0.3) is 22.2 Å². The normalized spacial score (nSPS) is 16.0. The monoisotopic (exact) mass is 459 g/mol. The number of ether oxygens (including phenoxy) is 1. The van der Waals surface area contributed by atoms with Crippen LogP contribution in [0.15, 0.2) is 71.3 Å². The van der Waals surface area contributed by atoms with Crippen molar-refractivity contribution in [3.63, 3.8) is 0 Å². The van der Waals surface area contributed by atoms with Gasteiger partial charge in [-0.15, -0.1) is 0 Å². The van der Waals surface area contributed by atoms with Gasteiger partial charge in [0.2, 0.25) is 17.6 Å². The molecule has 1 amide bonds. The second-order valence-electron chi connectivity index (χ2n) is 8.57. The van der Waals surface area contributed by atoms with E-state index in [1.54, 1.807) is 12.1 Å². The van der Waals surface area contributed by atoms with Crippen molar-refractivity contribution in [1.82, 2.24) is 15.0 Å². The Morgan fingerprint density at radius 3 is 2.88 bits per heavy atom. The summed E-state index contributed by atoms with van der Waals surface area (Å²) in [5.74, 6) is 1.45. The summed E-state index contributed by atoms with van der Waals surface area (Å²) in [6.45, 7) is 1.76. The first kappa shape index (κ1) is 22.1. The number of amides is 1. The van der Waals surface area contributed by atoms with Crippen molar-refractivity contribution in [1.29, 1.82) is 0 Å². The van der Waals surface area contributed by atoms with Crippen LogP contribution in [0, 0.1) is 5.82 Å². The van der Waals surface area contributed by atoms with E-state index >= 15 is 0 Å². The summed E-state index contributed by atoms with van der Waals surface area (Å²) in [6.07, 6.45) is 2.82. The van der Waals surface area contributed by atoms with Crippen LogP contribution in [0.2, 0.25) is 0 Å². The summed E-state index contributed by atoms with van der Waals surface area (Å²) in [7, 11) is 0. The SMILES string of the molecule is O=C(CCCOc1cccc2ccccc12)N1CCCC(c2nc(-c3cccc(F)c3)no2)C1. The maximum atomic E-state index is 13.5. The molecular formula is C27H26FN3O3. The quantitative estimate of drug-likeness (QED) is 0.337. The fraction of sp³-hybridized carbons (Fsp3) is 0.296. The Balaban J connectivity index is 1.14. The molecule has 5 rings (SSSR count). The van der Waals surface area contributed by atoms with E-state index in [1.807, 2.05) is 35.2 Å². The van der Waals surface area contributed by atoms with Crippen molar-refractivity contribution in [2.24, 2.45) is 0 Å². The number of hydrogen-bond donors (Lipinski definition) is 0. The van der Waals surface area contributed by atoms with E-state index in [2.05, 4.69) is 22.3 Å². The van der Waals surface area contributed by atoms with Gasteiger partial charge >= 0.3 is 0 Å². The molecule has 0 spiro atoms. The lowest BCUT2D eigenvalue weighted by Crippen LogP contribution is -2.39. The zero-order valence-electron chi connectivity index (χ0n) is 18.8. The number of piperidine rings is 1. The molecule has 174 valence electrons. The van der Waals surface area contributed by atoms with Crippen molar-refractivity contribution < 1.29 is 18.4 Å². The molecule has 1 saturated heterocycles. The number of aromatic nitrogens is 2. The van der Waals surface area contributed by atoms with Crippen LogP contribution in [0.1, 0.15) is 37.5 Å². The first-order chi connectivity index (χ1) is 16.7. The maximum absolute atomic E-state index is 13.5. The van der Waals surface area contributed by atoms with Gasteiger partial charge in [-0.2, -0.15) is 4.98 Å². The van der Waals surface area contributed by atoms with Crippen molar-refractivity contribution in [3.05, 3.63) is 78.4 Å². The van der Waals surface area contributed by atoms with Gasteiger partial charge in [0.1, 0.15) is 11.6 Å². The molecule has 1 fully saturated rings. The molecule has 1 unspecified atom stereocenters. The maximum Gasteiger partial charge on any atom is 0.231 e. The predicted molar refractivity (Wildman–Crippen MR) is 127 cm³/mol. The van der Waals surface area contributed by atoms with Gasteiger partial charge in [-0.3, -0.25) is 4.79 Å². The molecule has 2 heterocycles. The lowest BCUT2D eigenvalue weighted by Gasteiger charge is -2.31. The molecule has 0 N–H and O–H groups in total. The fourth-order valence-corrected chi connectivity index (χ4v) is 4.44. The molecule has 1 aliphatic heterocycles.